The Labute approximate surface area is 122 Å². The molecular weight excluding hydrogens is 268 g/mol. The van der Waals surface area contributed by atoms with E-state index in [9.17, 15) is 9.59 Å². The third-order valence-corrected chi connectivity index (χ3v) is 2.77. The van der Waals surface area contributed by atoms with Gasteiger partial charge < -0.3 is 4.74 Å². The number of ether oxygens (including phenoxy) is 1. The number of benzene rings is 2. The Morgan fingerprint density at radius 1 is 1.24 bits per heavy atom. The van der Waals surface area contributed by atoms with E-state index in [4.69, 9.17) is 5.84 Å². The third kappa shape index (κ3) is 3.81. The van der Waals surface area contributed by atoms with E-state index in [1.807, 2.05) is 42.5 Å². The zero-order valence-corrected chi connectivity index (χ0v) is 11.3. The number of rotatable bonds is 3. The molecule has 0 spiro atoms. The highest BCUT2D eigenvalue weighted by molar-refractivity contribution is 5.88. The molecule has 2 aromatic rings. The van der Waals surface area contributed by atoms with Crippen LogP contribution in [-0.4, -0.2) is 30.5 Å². The SMILES string of the molecule is NN(CC#Cc1cccc2ccccc12)C(=O)OCC=O. The van der Waals surface area contributed by atoms with Crippen molar-refractivity contribution in [2.75, 3.05) is 13.2 Å². The number of nitrogens with zero attached hydrogens (tertiary/aromatic N) is 1. The van der Waals surface area contributed by atoms with E-state index in [0.717, 1.165) is 21.3 Å². The van der Waals surface area contributed by atoms with E-state index in [0.29, 0.717) is 6.29 Å². The van der Waals surface area contributed by atoms with E-state index in [2.05, 4.69) is 16.6 Å². The first-order valence-electron chi connectivity index (χ1n) is 6.31. The van der Waals surface area contributed by atoms with Crippen molar-refractivity contribution in [2.24, 2.45) is 5.84 Å². The molecule has 0 aliphatic heterocycles. The number of hydrogen-bond donors (Lipinski definition) is 1. The summed E-state index contributed by atoms with van der Waals surface area (Å²) in [6.45, 7) is -0.301. The van der Waals surface area contributed by atoms with Crippen LogP contribution in [0.3, 0.4) is 0 Å². The normalized spacial score (nSPS) is 9.57. The van der Waals surface area contributed by atoms with Crippen LogP contribution in [0.4, 0.5) is 4.79 Å². The summed E-state index contributed by atoms with van der Waals surface area (Å²) in [6.07, 6.45) is -0.303. The second kappa shape index (κ2) is 7.08. The van der Waals surface area contributed by atoms with Crippen LogP contribution in [0.25, 0.3) is 10.8 Å². The first-order chi connectivity index (χ1) is 10.2. The van der Waals surface area contributed by atoms with Gasteiger partial charge in [-0.15, -0.1) is 0 Å². The monoisotopic (exact) mass is 282 g/mol. The highest BCUT2D eigenvalue weighted by Crippen LogP contribution is 2.17. The number of amides is 1. The first-order valence-corrected chi connectivity index (χ1v) is 6.31. The van der Waals surface area contributed by atoms with Crippen molar-refractivity contribution < 1.29 is 14.3 Å². The number of carbonyl (C=O) groups excluding carboxylic acids is 2. The van der Waals surface area contributed by atoms with E-state index in [-0.39, 0.29) is 13.2 Å². The quantitative estimate of drug-likeness (QED) is 0.306. The summed E-state index contributed by atoms with van der Waals surface area (Å²) in [6, 6.07) is 13.7. The fraction of sp³-hybridized carbons (Fsp3) is 0.125. The van der Waals surface area contributed by atoms with Gasteiger partial charge in [0.25, 0.3) is 0 Å². The first kappa shape index (κ1) is 14.6. The second-order valence-electron chi connectivity index (χ2n) is 4.20. The molecule has 0 saturated carbocycles. The lowest BCUT2D eigenvalue weighted by molar-refractivity contribution is -0.110. The Hall–Kier alpha value is -2.84. The lowest BCUT2D eigenvalue weighted by Crippen LogP contribution is -2.38. The summed E-state index contributed by atoms with van der Waals surface area (Å²) in [4.78, 5) is 21.4. The third-order valence-electron chi connectivity index (χ3n) is 2.77. The average molecular weight is 282 g/mol. The number of aldehydes is 1. The van der Waals surface area contributed by atoms with Crippen LogP contribution in [0.15, 0.2) is 42.5 Å². The lowest BCUT2D eigenvalue weighted by Gasteiger charge is -2.11. The Kier molecular flexibility index (Phi) is 4.91. The summed E-state index contributed by atoms with van der Waals surface area (Å²) in [5.74, 6) is 11.3. The number of nitrogens with two attached hydrogens (primary N) is 1. The number of carbonyl (C=O) groups is 2. The van der Waals surface area contributed by atoms with Gasteiger partial charge in [0, 0.05) is 5.56 Å². The summed E-state index contributed by atoms with van der Waals surface area (Å²) >= 11 is 0. The van der Waals surface area contributed by atoms with Crippen LogP contribution in [0, 0.1) is 11.8 Å². The molecule has 0 saturated heterocycles. The van der Waals surface area contributed by atoms with Gasteiger partial charge in [0.2, 0.25) is 0 Å². The van der Waals surface area contributed by atoms with Gasteiger partial charge in [0.1, 0.15) is 13.2 Å². The topological polar surface area (TPSA) is 72.6 Å². The minimum absolute atomic E-state index is 0.0148. The van der Waals surface area contributed by atoms with Gasteiger partial charge in [-0.05, 0) is 16.8 Å². The lowest BCUT2D eigenvalue weighted by atomic mass is 10.1. The van der Waals surface area contributed by atoms with Crippen molar-refractivity contribution in [3.05, 3.63) is 48.0 Å². The molecule has 0 radical (unpaired) electrons. The van der Waals surface area contributed by atoms with Crippen LogP contribution in [-0.2, 0) is 9.53 Å². The zero-order chi connectivity index (χ0) is 15.1. The maximum atomic E-state index is 11.3. The molecule has 0 bridgehead atoms. The van der Waals surface area contributed by atoms with Crippen molar-refractivity contribution in [1.82, 2.24) is 5.01 Å². The highest BCUT2D eigenvalue weighted by atomic mass is 16.6. The van der Waals surface area contributed by atoms with E-state index < -0.39 is 6.09 Å². The van der Waals surface area contributed by atoms with Crippen molar-refractivity contribution in [2.45, 2.75) is 0 Å². The maximum absolute atomic E-state index is 11.3. The molecule has 0 atom stereocenters. The number of hydrazine groups is 1. The summed E-state index contributed by atoms with van der Waals surface area (Å²) in [5, 5.41) is 2.96. The largest absolute Gasteiger partial charge is 0.441 e. The smallest absolute Gasteiger partial charge is 0.425 e. The van der Waals surface area contributed by atoms with E-state index >= 15 is 0 Å². The van der Waals surface area contributed by atoms with Crippen molar-refractivity contribution in [1.29, 1.82) is 0 Å². The fourth-order valence-corrected chi connectivity index (χ4v) is 1.81. The molecule has 0 aliphatic rings. The molecule has 0 aliphatic carbocycles. The molecule has 2 rings (SSSR count). The van der Waals surface area contributed by atoms with Gasteiger partial charge in [-0.3, -0.25) is 4.79 Å². The fourth-order valence-electron chi connectivity index (χ4n) is 1.81. The molecular formula is C16H14N2O3. The van der Waals surface area contributed by atoms with Crippen molar-refractivity contribution >= 4 is 23.2 Å². The van der Waals surface area contributed by atoms with Crippen LogP contribution < -0.4 is 5.84 Å². The van der Waals surface area contributed by atoms with E-state index in [1.54, 1.807) is 0 Å². The predicted molar refractivity (Wildman–Crippen MR) is 79.1 cm³/mol. The molecule has 2 aromatic carbocycles. The van der Waals surface area contributed by atoms with Gasteiger partial charge in [-0.2, -0.15) is 0 Å². The number of fused-ring (bicyclic) bond motifs is 1. The van der Waals surface area contributed by atoms with Gasteiger partial charge in [0.15, 0.2) is 6.29 Å². The molecule has 21 heavy (non-hydrogen) atoms. The second-order valence-corrected chi connectivity index (χ2v) is 4.20. The van der Waals surface area contributed by atoms with Crippen LogP contribution in [0.1, 0.15) is 5.56 Å². The molecule has 0 heterocycles. The Morgan fingerprint density at radius 3 is 2.81 bits per heavy atom. The average Bonchev–Trinajstić information content (AvgIpc) is 2.52. The van der Waals surface area contributed by atoms with Crippen molar-refractivity contribution in [3.8, 4) is 11.8 Å². The highest BCUT2D eigenvalue weighted by Gasteiger charge is 2.08. The molecule has 0 unspecified atom stereocenters. The van der Waals surface area contributed by atoms with Crippen molar-refractivity contribution in [3.63, 3.8) is 0 Å². The minimum atomic E-state index is -0.783. The maximum Gasteiger partial charge on any atom is 0.425 e. The predicted octanol–water partition coefficient (Wildman–Crippen LogP) is 1.70. The van der Waals surface area contributed by atoms with Gasteiger partial charge in [0.05, 0.1) is 0 Å². The standard InChI is InChI=1S/C16H14N2O3/c17-18(16(20)21-12-11-19)10-4-8-14-7-3-6-13-5-1-2-9-15(13)14/h1-3,5-7,9,11H,10,12,17H2. The molecule has 0 aromatic heterocycles. The molecule has 2 N–H and O–H groups in total. The Morgan fingerprint density at radius 2 is 2.00 bits per heavy atom. The van der Waals surface area contributed by atoms with Gasteiger partial charge in [-0.1, -0.05) is 48.2 Å². The van der Waals surface area contributed by atoms with Gasteiger partial charge >= 0.3 is 6.09 Å². The minimum Gasteiger partial charge on any atom is -0.441 e. The number of hydrogen-bond acceptors (Lipinski definition) is 4. The molecule has 5 nitrogen and oxygen atoms in total. The van der Waals surface area contributed by atoms with Gasteiger partial charge in [-0.25, -0.2) is 15.6 Å². The van der Waals surface area contributed by atoms with Crippen LogP contribution in [0.5, 0.6) is 0 Å². The Bertz CT molecular complexity index is 711. The van der Waals surface area contributed by atoms with Crippen LogP contribution in [0.2, 0.25) is 0 Å². The summed E-state index contributed by atoms with van der Waals surface area (Å²) in [7, 11) is 0. The van der Waals surface area contributed by atoms with E-state index in [1.165, 1.54) is 0 Å². The zero-order valence-electron chi connectivity index (χ0n) is 11.3. The molecule has 1 amide bonds. The molecule has 106 valence electrons. The van der Waals surface area contributed by atoms with Crippen LogP contribution >= 0.6 is 0 Å². The summed E-state index contributed by atoms with van der Waals surface area (Å²) < 4.78 is 4.55. The Balaban J connectivity index is 2.08. The summed E-state index contributed by atoms with van der Waals surface area (Å²) in [5.41, 5.74) is 0.864. The molecule has 5 heteroatoms. The molecule has 0 fully saturated rings.